The van der Waals surface area contributed by atoms with Gasteiger partial charge in [0, 0.05) is 31.9 Å². The van der Waals surface area contributed by atoms with E-state index in [-0.39, 0.29) is 11.8 Å². The predicted octanol–water partition coefficient (Wildman–Crippen LogP) is 3.59. The lowest BCUT2D eigenvalue weighted by Gasteiger charge is -2.36. The summed E-state index contributed by atoms with van der Waals surface area (Å²) in [5.41, 5.74) is 2.66. The van der Waals surface area contributed by atoms with Gasteiger partial charge in [0.2, 0.25) is 0 Å². The van der Waals surface area contributed by atoms with E-state index in [4.69, 9.17) is 0 Å². The minimum Gasteiger partial charge on any atom is -0.350 e. The number of nitrogens with one attached hydrogen (secondary N) is 1. The van der Waals surface area contributed by atoms with E-state index < -0.39 is 0 Å². The average Bonchev–Trinajstić information content (AvgIpc) is 3.57. The summed E-state index contributed by atoms with van der Waals surface area (Å²) in [4.78, 5) is 35.8. The van der Waals surface area contributed by atoms with Crippen LogP contribution in [0.1, 0.15) is 78.8 Å². The lowest BCUT2D eigenvalue weighted by atomic mass is 9.71. The monoisotopic (exact) mass is 487 g/mol. The molecule has 2 saturated heterocycles. The maximum absolute atomic E-state index is 13.3. The number of fused-ring (bicyclic) bond motifs is 3. The van der Waals surface area contributed by atoms with Gasteiger partial charge in [-0.1, -0.05) is 6.07 Å². The third-order valence-electron chi connectivity index (χ3n) is 11.0. The first-order valence-corrected chi connectivity index (χ1v) is 14.3. The number of rotatable bonds is 5. The lowest BCUT2D eigenvalue weighted by molar-refractivity contribution is 0.0639. The molecule has 190 valence electrons. The highest BCUT2D eigenvalue weighted by molar-refractivity contribution is 5.95. The standard InChI is InChI=1S/C29H37N5O2/c35-26(30-18-28-13-19-12-22(19)29(17-28)15-20(29)14-28)24-4-3-5-25-31-23(16-34(24)25)27(36)33-10-6-21(7-11-33)32-8-1-2-9-32/h3-5,16,19-22H,1-2,6-15,17-18H2,(H,30,35)/t19?,20?,22-,28?,29?/m0/s1. The zero-order chi connectivity index (χ0) is 24.1. The number of pyridine rings is 1. The number of likely N-dealkylation sites (tertiary alicyclic amines) is 2. The molecule has 2 aliphatic heterocycles. The van der Waals surface area contributed by atoms with Crippen LogP contribution in [-0.2, 0) is 0 Å². The molecule has 0 aromatic carbocycles. The quantitative estimate of drug-likeness (QED) is 0.700. The molecular formula is C29H37N5O2. The number of nitrogens with zero attached hydrogens (tertiary/aromatic N) is 4. The molecule has 36 heavy (non-hydrogen) atoms. The summed E-state index contributed by atoms with van der Waals surface area (Å²) in [5.74, 6) is 2.80. The van der Waals surface area contributed by atoms with Crippen LogP contribution in [0.2, 0.25) is 0 Å². The summed E-state index contributed by atoms with van der Waals surface area (Å²) >= 11 is 0. The maximum Gasteiger partial charge on any atom is 0.274 e. The first-order chi connectivity index (χ1) is 17.5. The highest BCUT2D eigenvalue weighted by Gasteiger charge is 2.76. The van der Waals surface area contributed by atoms with Crippen LogP contribution in [0.5, 0.6) is 0 Å². The van der Waals surface area contributed by atoms with Crippen molar-refractivity contribution in [3.8, 4) is 0 Å². The van der Waals surface area contributed by atoms with Crippen LogP contribution >= 0.6 is 0 Å². The van der Waals surface area contributed by atoms with Crippen molar-refractivity contribution >= 4 is 17.5 Å². The second-order valence-electron chi connectivity index (χ2n) is 13.0. The SMILES string of the molecule is O=C(NCC12CC3C[C@@H]3C3(CC3C1)C2)c1cccc2nc(C(=O)N3CCC(N4CCCC4)CC3)cn12. The maximum atomic E-state index is 13.3. The van der Waals surface area contributed by atoms with Crippen molar-refractivity contribution in [3.05, 3.63) is 35.8 Å². The molecule has 1 spiro atoms. The molecule has 7 heteroatoms. The number of carbonyl (C=O) groups excluding carboxylic acids is 2. The van der Waals surface area contributed by atoms with Crippen molar-refractivity contribution in [2.45, 2.75) is 63.8 Å². The van der Waals surface area contributed by atoms with Gasteiger partial charge in [-0.3, -0.25) is 14.0 Å². The van der Waals surface area contributed by atoms with Crippen LogP contribution in [0.25, 0.3) is 5.65 Å². The summed E-state index contributed by atoms with van der Waals surface area (Å²) in [6.07, 6.45) is 13.3. The second-order valence-corrected chi connectivity index (χ2v) is 13.0. The Kier molecular flexibility index (Phi) is 4.55. The van der Waals surface area contributed by atoms with E-state index in [1.165, 1.54) is 58.0 Å². The first-order valence-electron chi connectivity index (χ1n) is 14.3. The molecule has 8 rings (SSSR count). The highest BCUT2D eigenvalue weighted by atomic mass is 16.2. The zero-order valence-electron chi connectivity index (χ0n) is 21.1. The fourth-order valence-corrected chi connectivity index (χ4v) is 9.23. The Bertz CT molecular complexity index is 1240. The summed E-state index contributed by atoms with van der Waals surface area (Å²) in [6.45, 7) is 4.77. The third-order valence-corrected chi connectivity index (χ3v) is 11.0. The van der Waals surface area contributed by atoms with Gasteiger partial charge < -0.3 is 15.1 Å². The largest absolute Gasteiger partial charge is 0.350 e. The van der Waals surface area contributed by atoms with E-state index >= 15 is 0 Å². The topological polar surface area (TPSA) is 70.0 Å². The number of amides is 2. The van der Waals surface area contributed by atoms with Crippen LogP contribution in [0.3, 0.4) is 0 Å². The van der Waals surface area contributed by atoms with Gasteiger partial charge in [-0.15, -0.1) is 0 Å². The Morgan fingerprint density at radius 2 is 1.89 bits per heavy atom. The van der Waals surface area contributed by atoms with Crippen molar-refractivity contribution in [1.82, 2.24) is 24.5 Å². The van der Waals surface area contributed by atoms with E-state index in [0.29, 0.717) is 33.9 Å². The Morgan fingerprint density at radius 1 is 1.06 bits per heavy atom. The minimum absolute atomic E-state index is 0.0134. The summed E-state index contributed by atoms with van der Waals surface area (Å²) in [6, 6.07) is 6.22. The van der Waals surface area contributed by atoms with Crippen molar-refractivity contribution < 1.29 is 9.59 Å². The van der Waals surface area contributed by atoms with Crippen molar-refractivity contribution in [2.75, 3.05) is 32.7 Å². The van der Waals surface area contributed by atoms with Crippen LogP contribution in [0, 0.1) is 28.6 Å². The number of aromatic nitrogens is 2. The van der Waals surface area contributed by atoms with Gasteiger partial charge in [-0.25, -0.2) is 4.98 Å². The van der Waals surface area contributed by atoms with Crippen LogP contribution in [0.4, 0.5) is 0 Å². The molecule has 0 radical (unpaired) electrons. The highest BCUT2D eigenvalue weighted by Crippen LogP contribution is 2.83. The number of hydrogen-bond acceptors (Lipinski definition) is 4. The van der Waals surface area contributed by atoms with E-state index in [1.54, 1.807) is 6.20 Å². The molecule has 6 aliphatic rings. The Labute approximate surface area is 212 Å². The van der Waals surface area contributed by atoms with Crippen LogP contribution < -0.4 is 5.32 Å². The lowest BCUT2D eigenvalue weighted by Crippen LogP contribution is -2.46. The summed E-state index contributed by atoms with van der Waals surface area (Å²) in [7, 11) is 0. The Hall–Kier alpha value is -2.41. The van der Waals surface area contributed by atoms with Crippen molar-refractivity contribution in [2.24, 2.45) is 28.6 Å². The molecule has 4 saturated carbocycles. The molecule has 1 N–H and O–H groups in total. The van der Waals surface area contributed by atoms with Gasteiger partial charge in [0.05, 0.1) is 0 Å². The van der Waals surface area contributed by atoms with Gasteiger partial charge in [-0.2, -0.15) is 0 Å². The Balaban J connectivity index is 0.955. The zero-order valence-corrected chi connectivity index (χ0v) is 21.1. The fraction of sp³-hybridized carbons (Fsp3) is 0.690. The molecule has 5 atom stereocenters. The van der Waals surface area contributed by atoms with Crippen molar-refractivity contribution in [3.63, 3.8) is 0 Å². The molecule has 2 amide bonds. The van der Waals surface area contributed by atoms with Crippen LogP contribution in [0.15, 0.2) is 24.4 Å². The molecule has 2 aromatic heterocycles. The second kappa shape index (κ2) is 7.56. The van der Waals surface area contributed by atoms with Gasteiger partial charge >= 0.3 is 0 Å². The number of piperidine rings is 1. The van der Waals surface area contributed by atoms with E-state index in [0.717, 1.165) is 50.2 Å². The third kappa shape index (κ3) is 3.24. The molecule has 2 bridgehead atoms. The fourth-order valence-electron chi connectivity index (χ4n) is 9.23. The number of imidazole rings is 1. The smallest absolute Gasteiger partial charge is 0.274 e. The summed E-state index contributed by atoms with van der Waals surface area (Å²) < 4.78 is 1.81. The van der Waals surface area contributed by atoms with Gasteiger partial charge in [0.1, 0.15) is 17.0 Å². The number of carbonyl (C=O) groups is 2. The van der Waals surface area contributed by atoms with Gasteiger partial charge in [0.15, 0.2) is 0 Å². The van der Waals surface area contributed by atoms with E-state index in [1.807, 2.05) is 27.5 Å². The van der Waals surface area contributed by atoms with Gasteiger partial charge in [0.25, 0.3) is 11.8 Å². The average molecular weight is 488 g/mol. The predicted molar refractivity (Wildman–Crippen MR) is 136 cm³/mol. The molecule has 7 nitrogen and oxygen atoms in total. The Morgan fingerprint density at radius 3 is 2.72 bits per heavy atom. The van der Waals surface area contributed by atoms with E-state index in [9.17, 15) is 9.59 Å². The van der Waals surface area contributed by atoms with Crippen LogP contribution in [-0.4, -0.2) is 69.8 Å². The normalized spacial score (nSPS) is 37.1. The molecule has 2 aromatic rings. The molecular weight excluding hydrogens is 450 g/mol. The molecule has 6 fully saturated rings. The first kappa shape index (κ1) is 21.7. The molecule has 4 aliphatic carbocycles. The summed E-state index contributed by atoms with van der Waals surface area (Å²) in [5, 5.41) is 3.30. The minimum atomic E-state index is -0.0506. The molecule has 4 unspecified atom stereocenters. The molecule has 4 heterocycles. The number of hydrogen-bond donors (Lipinski definition) is 1. The van der Waals surface area contributed by atoms with Gasteiger partial charge in [-0.05, 0) is 112 Å². The van der Waals surface area contributed by atoms with E-state index in [2.05, 4.69) is 15.2 Å². The van der Waals surface area contributed by atoms with Crippen molar-refractivity contribution in [1.29, 1.82) is 0 Å².